The van der Waals surface area contributed by atoms with Crippen molar-refractivity contribution in [2.45, 2.75) is 25.2 Å². The minimum Gasteiger partial charge on any atom is -0.399 e. The molecule has 0 atom stereocenters. The van der Waals surface area contributed by atoms with E-state index in [0.717, 1.165) is 5.56 Å². The van der Waals surface area contributed by atoms with Gasteiger partial charge < -0.3 is 5.73 Å². The van der Waals surface area contributed by atoms with E-state index < -0.39 is 10.0 Å². The second-order valence-corrected chi connectivity index (χ2v) is 6.32. The van der Waals surface area contributed by atoms with E-state index in [-0.39, 0.29) is 4.90 Å². The number of nitrogen functional groups attached to an aromatic ring is 1. The predicted octanol–water partition coefficient (Wildman–Crippen LogP) is 1.67. The Hall–Kier alpha value is -2.02. The Morgan fingerprint density at radius 1 is 1.40 bits per heavy atom. The Morgan fingerprint density at radius 2 is 2.10 bits per heavy atom. The van der Waals surface area contributed by atoms with Crippen LogP contribution in [0, 0.1) is 6.92 Å². The zero-order valence-corrected chi connectivity index (χ0v) is 12.5. The van der Waals surface area contributed by atoms with Crippen molar-refractivity contribution in [3.63, 3.8) is 0 Å². The number of nitrogens with zero attached hydrogens (tertiary/aromatic N) is 2. The molecule has 2 rings (SSSR count). The van der Waals surface area contributed by atoms with E-state index in [1.54, 1.807) is 37.0 Å². The van der Waals surface area contributed by atoms with Crippen molar-refractivity contribution in [1.82, 2.24) is 9.78 Å². The highest BCUT2D eigenvalue weighted by atomic mass is 32.2. The summed E-state index contributed by atoms with van der Waals surface area (Å²) in [5, 5.41) is 4.21. The van der Waals surface area contributed by atoms with Gasteiger partial charge in [-0.15, -0.1) is 0 Å². The molecule has 0 saturated carbocycles. The second kappa shape index (κ2) is 5.16. The van der Waals surface area contributed by atoms with E-state index >= 15 is 0 Å². The lowest BCUT2D eigenvalue weighted by Crippen LogP contribution is -2.14. The summed E-state index contributed by atoms with van der Waals surface area (Å²) in [6, 6.07) is 4.64. The first-order chi connectivity index (χ1) is 9.33. The quantitative estimate of drug-likeness (QED) is 0.839. The summed E-state index contributed by atoms with van der Waals surface area (Å²) in [7, 11) is -1.88. The molecule has 0 bridgehead atoms. The van der Waals surface area contributed by atoms with Gasteiger partial charge in [-0.3, -0.25) is 9.40 Å². The molecule has 1 aromatic carbocycles. The zero-order chi connectivity index (χ0) is 14.9. The number of nitrogens with two attached hydrogens (primary N) is 1. The molecule has 0 amide bonds. The summed E-state index contributed by atoms with van der Waals surface area (Å²) in [4.78, 5) is 0.190. The molecular formula is C13H18N4O2S. The predicted molar refractivity (Wildman–Crippen MR) is 79.0 cm³/mol. The van der Waals surface area contributed by atoms with Crippen LogP contribution >= 0.6 is 0 Å². The molecule has 108 valence electrons. The molecule has 20 heavy (non-hydrogen) atoms. The van der Waals surface area contributed by atoms with Gasteiger partial charge in [0.25, 0.3) is 10.0 Å². The molecule has 7 heteroatoms. The number of rotatable bonds is 4. The standard InChI is InChI=1S/C13H18N4O2S/c1-4-12-13(8-17(3)15-12)16-20(18,19)10-5-6-11(14)9(2)7-10/h5-8,16H,4,14H2,1-3H3. The molecule has 0 aliphatic rings. The Kier molecular flexibility index (Phi) is 3.71. The summed E-state index contributed by atoms with van der Waals surface area (Å²) in [6.45, 7) is 3.70. The Morgan fingerprint density at radius 3 is 2.70 bits per heavy atom. The lowest BCUT2D eigenvalue weighted by atomic mass is 10.2. The van der Waals surface area contributed by atoms with Crippen LogP contribution in [0.2, 0.25) is 0 Å². The van der Waals surface area contributed by atoms with Crippen LogP contribution < -0.4 is 10.5 Å². The second-order valence-electron chi connectivity index (χ2n) is 4.64. The first-order valence-electron chi connectivity index (χ1n) is 6.25. The number of anilines is 2. The van der Waals surface area contributed by atoms with Gasteiger partial charge in [-0.25, -0.2) is 8.42 Å². The summed E-state index contributed by atoms with van der Waals surface area (Å²) in [5.41, 5.74) is 8.22. The van der Waals surface area contributed by atoms with Crippen LogP contribution in [-0.2, 0) is 23.5 Å². The molecule has 0 aliphatic carbocycles. The molecular weight excluding hydrogens is 276 g/mol. The molecule has 6 nitrogen and oxygen atoms in total. The largest absolute Gasteiger partial charge is 0.399 e. The van der Waals surface area contributed by atoms with Crippen LogP contribution in [-0.4, -0.2) is 18.2 Å². The number of sulfonamides is 1. The third-order valence-electron chi connectivity index (χ3n) is 3.04. The molecule has 0 saturated heterocycles. The van der Waals surface area contributed by atoms with Crippen LogP contribution in [0.4, 0.5) is 11.4 Å². The van der Waals surface area contributed by atoms with Gasteiger partial charge >= 0.3 is 0 Å². The summed E-state index contributed by atoms with van der Waals surface area (Å²) >= 11 is 0. The fraction of sp³-hybridized carbons (Fsp3) is 0.308. The minimum atomic E-state index is -3.63. The molecule has 0 aliphatic heterocycles. The van der Waals surface area contributed by atoms with Gasteiger partial charge in [0.15, 0.2) is 0 Å². The number of hydrogen-bond donors (Lipinski definition) is 2. The summed E-state index contributed by atoms with van der Waals surface area (Å²) < 4.78 is 28.9. The van der Waals surface area contributed by atoms with E-state index in [0.29, 0.717) is 23.5 Å². The normalized spacial score (nSPS) is 11.6. The first kappa shape index (κ1) is 14.4. The first-order valence-corrected chi connectivity index (χ1v) is 7.73. The van der Waals surface area contributed by atoms with E-state index in [9.17, 15) is 8.42 Å². The average molecular weight is 294 g/mol. The molecule has 1 heterocycles. The van der Waals surface area contributed by atoms with Gasteiger partial charge in [0.2, 0.25) is 0 Å². The van der Waals surface area contributed by atoms with E-state index in [4.69, 9.17) is 5.73 Å². The minimum absolute atomic E-state index is 0.190. The topological polar surface area (TPSA) is 90.0 Å². The Labute approximate surface area is 118 Å². The van der Waals surface area contributed by atoms with Gasteiger partial charge in [-0.1, -0.05) is 6.92 Å². The molecule has 1 aromatic heterocycles. The van der Waals surface area contributed by atoms with E-state index in [2.05, 4.69) is 9.82 Å². The number of hydrogen-bond acceptors (Lipinski definition) is 4. The van der Waals surface area contributed by atoms with Crippen molar-refractivity contribution in [1.29, 1.82) is 0 Å². The fourth-order valence-electron chi connectivity index (χ4n) is 1.90. The monoisotopic (exact) mass is 294 g/mol. The third kappa shape index (κ3) is 2.77. The molecule has 0 spiro atoms. The van der Waals surface area contributed by atoms with Crippen LogP contribution in [0.25, 0.3) is 0 Å². The van der Waals surface area contributed by atoms with Crippen molar-refractivity contribution in [2.75, 3.05) is 10.5 Å². The lowest BCUT2D eigenvalue weighted by molar-refractivity contribution is 0.601. The summed E-state index contributed by atoms with van der Waals surface area (Å²) in [5.74, 6) is 0. The van der Waals surface area contributed by atoms with Gasteiger partial charge in [-0.2, -0.15) is 5.10 Å². The Bertz CT molecular complexity index is 735. The van der Waals surface area contributed by atoms with Crippen molar-refractivity contribution in [2.24, 2.45) is 7.05 Å². The molecule has 0 fully saturated rings. The maximum absolute atomic E-state index is 12.4. The average Bonchev–Trinajstić information content (AvgIpc) is 2.72. The summed E-state index contributed by atoms with van der Waals surface area (Å²) in [6.07, 6.45) is 2.31. The van der Waals surface area contributed by atoms with Crippen LogP contribution in [0.15, 0.2) is 29.3 Å². The maximum Gasteiger partial charge on any atom is 0.262 e. The van der Waals surface area contributed by atoms with E-state index in [1.165, 1.54) is 6.07 Å². The SMILES string of the molecule is CCc1nn(C)cc1NS(=O)(=O)c1ccc(N)c(C)c1. The fourth-order valence-corrected chi connectivity index (χ4v) is 3.06. The maximum atomic E-state index is 12.4. The zero-order valence-electron chi connectivity index (χ0n) is 11.7. The van der Waals surface area contributed by atoms with Crippen LogP contribution in [0.3, 0.4) is 0 Å². The molecule has 3 N–H and O–H groups in total. The highest BCUT2D eigenvalue weighted by Crippen LogP contribution is 2.22. The number of nitrogens with one attached hydrogen (secondary N) is 1. The van der Waals surface area contributed by atoms with Crippen molar-refractivity contribution < 1.29 is 8.42 Å². The lowest BCUT2D eigenvalue weighted by Gasteiger charge is -2.09. The Balaban J connectivity index is 2.37. The highest BCUT2D eigenvalue weighted by Gasteiger charge is 2.18. The third-order valence-corrected chi connectivity index (χ3v) is 4.40. The number of aromatic nitrogens is 2. The number of aryl methyl sites for hydroxylation is 3. The smallest absolute Gasteiger partial charge is 0.262 e. The highest BCUT2D eigenvalue weighted by molar-refractivity contribution is 7.92. The van der Waals surface area contributed by atoms with Crippen molar-refractivity contribution in [3.8, 4) is 0 Å². The van der Waals surface area contributed by atoms with Gasteiger partial charge in [-0.05, 0) is 37.1 Å². The van der Waals surface area contributed by atoms with Gasteiger partial charge in [0.05, 0.1) is 16.3 Å². The molecule has 2 aromatic rings. The van der Waals surface area contributed by atoms with Crippen LogP contribution in [0.5, 0.6) is 0 Å². The van der Waals surface area contributed by atoms with E-state index in [1.807, 2.05) is 6.92 Å². The van der Waals surface area contributed by atoms with Gasteiger partial charge in [0, 0.05) is 18.9 Å². The molecule has 0 unspecified atom stereocenters. The van der Waals surface area contributed by atoms with Gasteiger partial charge in [0.1, 0.15) is 0 Å². The number of benzene rings is 1. The molecule has 0 radical (unpaired) electrons. The van der Waals surface area contributed by atoms with Crippen molar-refractivity contribution in [3.05, 3.63) is 35.7 Å². The van der Waals surface area contributed by atoms with Crippen molar-refractivity contribution >= 4 is 21.4 Å². The van der Waals surface area contributed by atoms with Crippen LogP contribution in [0.1, 0.15) is 18.2 Å².